The Morgan fingerprint density at radius 1 is 1.30 bits per heavy atom. The van der Waals surface area contributed by atoms with Crippen molar-refractivity contribution < 1.29 is 40.7 Å². The summed E-state index contributed by atoms with van der Waals surface area (Å²) in [6.45, 7) is 0.242. The van der Waals surface area contributed by atoms with Gasteiger partial charge in [0.15, 0.2) is 21.5 Å². The molecule has 14 heteroatoms. The van der Waals surface area contributed by atoms with Crippen molar-refractivity contribution in [3.63, 3.8) is 0 Å². The first-order valence-corrected chi connectivity index (χ1v) is 10.2. The van der Waals surface area contributed by atoms with Crippen LogP contribution >= 0.6 is 11.6 Å². The maximum Gasteiger partial charge on any atom is 0.418 e. The fourth-order valence-electron chi connectivity index (χ4n) is 2.33. The van der Waals surface area contributed by atoms with E-state index in [0.717, 1.165) is 30.0 Å². The van der Waals surface area contributed by atoms with Crippen molar-refractivity contribution in [2.45, 2.75) is 18.1 Å². The Kier molecular flexibility index (Phi) is 6.67. The fraction of sp³-hybridized carbons (Fsp3) is 0.312. The van der Waals surface area contributed by atoms with Crippen molar-refractivity contribution in [3.05, 3.63) is 28.8 Å². The van der Waals surface area contributed by atoms with Crippen molar-refractivity contribution >= 4 is 39.0 Å². The maximum atomic E-state index is 13.2. The number of anilines is 1. The Balaban J connectivity index is 2.39. The Morgan fingerprint density at radius 3 is 2.43 bits per heavy atom. The number of carbonyl (C=O) groups is 2. The highest BCUT2D eigenvalue weighted by molar-refractivity contribution is 7.90. The van der Waals surface area contributed by atoms with Crippen LogP contribution in [-0.4, -0.2) is 42.9 Å². The van der Waals surface area contributed by atoms with Gasteiger partial charge in [0.05, 0.1) is 11.3 Å². The topological polar surface area (TPSA) is 117 Å². The van der Waals surface area contributed by atoms with Gasteiger partial charge in [-0.25, -0.2) is 8.42 Å². The van der Waals surface area contributed by atoms with Crippen LogP contribution in [0.1, 0.15) is 12.5 Å². The Hall–Kier alpha value is -2.80. The molecule has 1 aromatic carbocycles. The van der Waals surface area contributed by atoms with E-state index in [1.54, 1.807) is 0 Å². The number of nitrogens with one attached hydrogen (secondary N) is 1. The van der Waals surface area contributed by atoms with Crippen molar-refractivity contribution in [2.24, 2.45) is 7.05 Å². The third kappa shape index (κ3) is 5.63. The number of alkyl halides is 3. The number of esters is 1. The van der Waals surface area contributed by atoms with Gasteiger partial charge in [-0.1, -0.05) is 11.6 Å². The predicted octanol–water partition coefficient (Wildman–Crippen LogP) is 2.79. The first kappa shape index (κ1) is 23.5. The number of benzene rings is 1. The molecule has 0 aliphatic heterocycles. The molecule has 0 atom stereocenters. The lowest BCUT2D eigenvalue weighted by atomic mass is 10.1. The molecular formula is C16H15ClF3N3O6S. The predicted molar refractivity (Wildman–Crippen MR) is 98.1 cm³/mol. The van der Waals surface area contributed by atoms with E-state index < -0.39 is 45.7 Å². The zero-order chi connectivity index (χ0) is 22.9. The summed E-state index contributed by atoms with van der Waals surface area (Å²) < 4.78 is 74.0. The summed E-state index contributed by atoms with van der Waals surface area (Å²) in [4.78, 5) is 22.5. The highest BCUT2D eigenvalue weighted by Crippen LogP contribution is 2.39. The highest BCUT2D eigenvalue weighted by atomic mass is 35.5. The van der Waals surface area contributed by atoms with Gasteiger partial charge < -0.3 is 14.8 Å². The van der Waals surface area contributed by atoms with Crippen LogP contribution in [-0.2, 0) is 37.4 Å². The van der Waals surface area contributed by atoms with E-state index in [1.165, 1.54) is 7.05 Å². The van der Waals surface area contributed by atoms with Crippen LogP contribution in [0.5, 0.6) is 11.6 Å². The number of hydrogen-bond acceptors (Lipinski definition) is 7. The molecule has 2 rings (SSSR count). The molecule has 0 saturated heterocycles. The smallest absolute Gasteiger partial charge is 0.418 e. The molecule has 0 saturated carbocycles. The monoisotopic (exact) mass is 469 g/mol. The van der Waals surface area contributed by atoms with Gasteiger partial charge in [-0.15, -0.1) is 5.10 Å². The van der Waals surface area contributed by atoms with Crippen molar-refractivity contribution in [1.29, 1.82) is 0 Å². The quantitative estimate of drug-likeness (QED) is 0.646. The lowest BCUT2D eigenvalue weighted by Gasteiger charge is -2.15. The molecule has 164 valence electrons. The summed E-state index contributed by atoms with van der Waals surface area (Å²) in [6, 6.07) is 2.43. The number of rotatable bonds is 6. The number of sulfone groups is 1. The van der Waals surface area contributed by atoms with E-state index in [2.05, 4.69) is 9.84 Å². The largest absolute Gasteiger partial charge is 0.456 e. The molecule has 2 aromatic rings. The first-order chi connectivity index (χ1) is 13.7. The molecule has 0 spiro atoms. The Morgan fingerprint density at radius 2 is 1.93 bits per heavy atom. The third-order valence-electron chi connectivity index (χ3n) is 3.45. The number of carbonyl (C=O) groups excluding carboxylic acids is 2. The number of nitrogens with zero attached hydrogens (tertiary/aromatic N) is 2. The third-order valence-corrected chi connectivity index (χ3v) is 5.08. The number of aromatic nitrogens is 2. The van der Waals surface area contributed by atoms with Crippen LogP contribution in [0.3, 0.4) is 0 Å². The van der Waals surface area contributed by atoms with E-state index in [4.69, 9.17) is 16.3 Å². The number of ether oxygens (including phenoxy) is 2. The van der Waals surface area contributed by atoms with Gasteiger partial charge in [-0.05, 0) is 12.1 Å². The molecule has 0 radical (unpaired) electrons. The minimum absolute atomic E-state index is 0.217. The second-order valence-corrected chi connectivity index (χ2v) is 8.26. The van der Waals surface area contributed by atoms with Gasteiger partial charge in [-0.3, -0.25) is 14.3 Å². The molecular weight excluding hydrogens is 455 g/mol. The van der Waals surface area contributed by atoms with E-state index >= 15 is 0 Å². The molecule has 0 unspecified atom stereocenters. The molecule has 0 fully saturated rings. The van der Waals surface area contributed by atoms with Crippen LogP contribution in [0.2, 0.25) is 5.02 Å². The van der Waals surface area contributed by atoms with E-state index in [0.29, 0.717) is 6.07 Å². The zero-order valence-corrected chi connectivity index (χ0v) is 17.3. The van der Waals surface area contributed by atoms with Crippen molar-refractivity contribution in [3.8, 4) is 11.6 Å². The second kappa shape index (κ2) is 8.52. The van der Waals surface area contributed by atoms with Crippen molar-refractivity contribution in [2.75, 3.05) is 18.2 Å². The first-order valence-electron chi connectivity index (χ1n) is 7.95. The minimum atomic E-state index is -4.81. The maximum absolute atomic E-state index is 13.2. The van der Waals surface area contributed by atoms with Crippen LogP contribution < -0.4 is 10.1 Å². The van der Waals surface area contributed by atoms with E-state index in [-0.39, 0.29) is 21.7 Å². The van der Waals surface area contributed by atoms with Crippen LogP contribution in [0.25, 0.3) is 0 Å². The van der Waals surface area contributed by atoms with Gasteiger partial charge in [0.25, 0.3) is 11.8 Å². The molecule has 0 bridgehead atoms. The average molecular weight is 470 g/mol. The molecule has 1 aromatic heterocycles. The van der Waals surface area contributed by atoms with Gasteiger partial charge in [0, 0.05) is 26.3 Å². The normalized spacial score (nSPS) is 11.8. The van der Waals surface area contributed by atoms with Gasteiger partial charge in [-0.2, -0.15) is 13.2 Å². The van der Waals surface area contributed by atoms with Gasteiger partial charge >= 0.3 is 12.1 Å². The second-order valence-electron chi connectivity index (χ2n) is 5.96. The number of amides is 1. The van der Waals surface area contributed by atoms with Crippen LogP contribution in [0, 0.1) is 0 Å². The zero-order valence-electron chi connectivity index (χ0n) is 15.7. The lowest BCUT2D eigenvalue weighted by molar-refractivity contribution is -0.145. The van der Waals surface area contributed by atoms with Crippen LogP contribution in [0.4, 0.5) is 18.9 Å². The highest BCUT2D eigenvalue weighted by Gasteiger charge is 2.34. The fourth-order valence-corrected chi connectivity index (χ4v) is 3.88. The summed E-state index contributed by atoms with van der Waals surface area (Å²) in [5, 5.41) is 5.08. The molecule has 30 heavy (non-hydrogen) atoms. The van der Waals surface area contributed by atoms with E-state index in [1.807, 2.05) is 5.32 Å². The lowest BCUT2D eigenvalue weighted by Crippen LogP contribution is -2.22. The van der Waals surface area contributed by atoms with Gasteiger partial charge in [0.2, 0.25) is 0 Å². The molecule has 0 aliphatic carbocycles. The average Bonchev–Trinajstić information content (AvgIpc) is 2.85. The number of aryl methyl sites for hydroxylation is 1. The molecule has 0 aliphatic rings. The van der Waals surface area contributed by atoms with E-state index in [9.17, 15) is 31.2 Å². The Bertz CT molecular complexity index is 1100. The Labute approximate surface area is 173 Å². The molecule has 9 nitrogen and oxygen atoms in total. The van der Waals surface area contributed by atoms with Crippen LogP contribution in [0.15, 0.2) is 23.2 Å². The number of hydrogen-bond donors (Lipinski definition) is 1. The van der Waals surface area contributed by atoms with Crippen molar-refractivity contribution in [1.82, 2.24) is 9.78 Å². The SMILES string of the molecule is CC(=O)OCC(=O)Nc1cc(Oc2nn(C)c(S(C)(=O)=O)c2Cl)ccc1C(F)(F)F. The number of halogens is 4. The van der Waals surface area contributed by atoms with Gasteiger partial charge in [0.1, 0.15) is 10.8 Å². The molecule has 1 heterocycles. The summed E-state index contributed by atoms with van der Waals surface area (Å²) in [5.41, 5.74) is -1.86. The summed E-state index contributed by atoms with van der Waals surface area (Å²) in [7, 11) is -2.46. The summed E-state index contributed by atoms with van der Waals surface area (Å²) >= 11 is 5.98. The molecule has 1 N–H and O–H groups in total. The minimum Gasteiger partial charge on any atom is -0.456 e. The molecule has 1 amide bonds. The summed E-state index contributed by atoms with van der Waals surface area (Å²) in [6.07, 6.45) is -3.91. The standard InChI is InChI=1S/C16H15ClF3N3O6S/c1-8(24)28-7-12(25)21-11-6-9(4-5-10(11)16(18,19)20)29-14-13(17)15(23(2)22-14)30(3,26)27/h4-6H,7H2,1-3H3,(H,21,25). The summed E-state index contributed by atoms with van der Waals surface area (Å²) in [5.74, 6) is -2.38.